The van der Waals surface area contributed by atoms with Crippen molar-refractivity contribution in [2.45, 2.75) is 25.9 Å². The van der Waals surface area contributed by atoms with Crippen LogP contribution in [0, 0.1) is 11.7 Å². The zero-order valence-corrected chi connectivity index (χ0v) is 21.2. The first-order valence-corrected chi connectivity index (χ1v) is 13.5. The number of hydrogen-bond donors (Lipinski definition) is 1. The van der Waals surface area contributed by atoms with Gasteiger partial charge in [0.25, 0.3) is 0 Å². The van der Waals surface area contributed by atoms with Gasteiger partial charge in [-0.25, -0.2) is 9.37 Å². The SMILES string of the molecule is Fc1ccc(OCCCN2CCC(CNc3nc4ccccc4s3)CC2)c(OCc2ccccc2)c1. The van der Waals surface area contributed by atoms with E-state index in [-0.39, 0.29) is 5.82 Å². The second kappa shape index (κ2) is 12.2. The summed E-state index contributed by atoms with van der Waals surface area (Å²) in [7, 11) is 0. The van der Waals surface area contributed by atoms with Crippen LogP contribution in [-0.2, 0) is 6.61 Å². The lowest BCUT2D eigenvalue weighted by Gasteiger charge is -2.32. The van der Waals surface area contributed by atoms with Crippen molar-refractivity contribution in [1.29, 1.82) is 0 Å². The summed E-state index contributed by atoms with van der Waals surface area (Å²) in [6, 6.07) is 22.6. The smallest absolute Gasteiger partial charge is 0.183 e. The van der Waals surface area contributed by atoms with Crippen LogP contribution in [0.1, 0.15) is 24.8 Å². The van der Waals surface area contributed by atoms with Gasteiger partial charge in [0.15, 0.2) is 16.6 Å². The van der Waals surface area contributed by atoms with Crippen LogP contribution in [0.15, 0.2) is 72.8 Å². The molecule has 0 unspecified atom stereocenters. The number of nitrogens with one attached hydrogen (secondary N) is 1. The Kier molecular flexibility index (Phi) is 8.31. The Hall–Kier alpha value is -3.16. The monoisotopic (exact) mass is 505 g/mol. The van der Waals surface area contributed by atoms with Crippen LogP contribution in [0.5, 0.6) is 11.5 Å². The third-order valence-corrected chi connectivity index (χ3v) is 7.56. The van der Waals surface area contributed by atoms with Gasteiger partial charge in [-0.2, -0.15) is 0 Å². The summed E-state index contributed by atoms with van der Waals surface area (Å²) >= 11 is 1.73. The molecule has 3 aromatic carbocycles. The summed E-state index contributed by atoms with van der Waals surface area (Å²) in [5, 5.41) is 4.57. The highest BCUT2D eigenvalue weighted by atomic mass is 32.1. The Bertz CT molecular complexity index is 1210. The molecule has 0 saturated carbocycles. The van der Waals surface area contributed by atoms with Gasteiger partial charge in [0, 0.05) is 19.2 Å². The van der Waals surface area contributed by atoms with E-state index in [0.717, 1.165) is 48.8 Å². The maximum Gasteiger partial charge on any atom is 0.183 e. The second-order valence-corrected chi connectivity index (χ2v) is 10.3. The maximum absolute atomic E-state index is 13.8. The predicted octanol–water partition coefficient (Wildman–Crippen LogP) is 6.61. The molecular formula is C29H32FN3O2S. The van der Waals surface area contributed by atoms with Crippen molar-refractivity contribution in [1.82, 2.24) is 9.88 Å². The Morgan fingerprint density at radius 3 is 2.58 bits per heavy atom. The average molecular weight is 506 g/mol. The van der Waals surface area contributed by atoms with E-state index in [1.54, 1.807) is 17.4 Å². The van der Waals surface area contributed by atoms with Crippen LogP contribution < -0.4 is 14.8 Å². The molecule has 0 amide bonds. The Morgan fingerprint density at radius 2 is 1.75 bits per heavy atom. The number of halogens is 1. The molecule has 1 aliphatic heterocycles. The molecule has 0 bridgehead atoms. The molecule has 5 rings (SSSR count). The number of benzene rings is 3. The number of rotatable bonds is 11. The molecule has 188 valence electrons. The minimum Gasteiger partial charge on any atom is -0.490 e. The molecule has 7 heteroatoms. The van der Waals surface area contributed by atoms with Crippen LogP contribution in [0.3, 0.4) is 0 Å². The zero-order chi connectivity index (χ0) is 24.6. The van der Waals surface area contributed by atoms with E-state index in [4.69, 9.17) is 9.47 Å². The largest absolute Gasteiger partial charge is 0.490 e. The number of anilines is 1. The van der Waals surface area contributed by atoms with Crippen LogP contribution in [-0.4, -0.2) is 42.7 Å². The first-order chi connectivity index (χ1) is 17.7. The topological polar surface area (TPSA) is 46.6 Å². The lowest BCUT2D eigenvalue weighted by molar-refractivity contribution is 0.173. The van der Waals surface area contributed by atoms with Crippen molar-refractivity contribution < 1.29 is 13.9 Å². The Balaban J connectivity index is 1.01. The van der Waals surface area contributed by atoms with E-state index in [0.29, 0.717) is 30.6 Å². The molecule has 2 heterocycles. The van der Waals surface area contributed by atoms with E-state index in [2.05, 4.69) is 33.4 Å². The quantitative estimate of drug-likeness (QED) is 0.233. The summed E-state index contributed by atoms with van der Waals surface area (Å²) in [5.74, 6) is 1.38. The van der Waals surface area contributed by atoms with Gasteiger partial charge in [0.2, 0.25) is 0 Å². The number of para-hydroxylation sites is 1. The number of piperidine rings is 1. The fourth-order valence-electron chi connectivity index (χ4n) is 4.51. The van der Waals surface area contributed by atoms with Gasteiger partial charge in [-0.1, -0.05) is 53.8 Å². The van der Waals surface area contributed by atoms with Crippen LogP contribution in [0.25, 0.3) is 10.2 Å². The van der Waals surface area contributed by atoms with Gasteiger partial charge < -0.3 is 19.7 Å². The molecule has 36 heavy (non-hydrogen) atoms. The highest BCUT2D eigenvalue weighted by Crippen LogP contribution is 2.29. The van der Waals surface area contributed by atoms with Crippen LogP contribution in [0.2, 0.25) is 0 Å². The molecule has 1 aliphatic rings. The normalized spacial score (nSPS) is 14.7. The van der Waals surface area contributed by atoms with E-state index < -0.39 is 0 Å². The van der Waals surface area contributed by atoms with Crippen LogP contribution in [0.4, 0.5) is 9.52 Å². The highest BCUT2D eigenvalue weighted by molar-refractivity contribution is 7.22. The summed E-state index contributed by atoms with van der Waals surface area (Å²) in [5.41, 5.74) is 2.10. The number of fused-ring (bicyclic) bond motifs is 1. The molecule has 5 nitrogen and oxygen atoms in total. The van der Waals surface area contributed by atoms with Crippen molar-refractivity contribution >= 4 is 26.7 Å². The minimum atomic E-state index is -0.328. The fraction of sp³-hybridized carbons (Fsp3) is 0.345. The van der Waals surface area contributed by atoms with E-state index in [1.807, 2.05) is 36.4 Å². The number of ether oxygens (including phenoxy) is 2. The third kappa shape index (κ3) is 6.74. The van der Waals surface area contributed by atoms with E-state index >= 15 is 0 Å². The Morgan fingerprint density at radius 1 is 0.944 bits per heavy atom. The Labute approximate surface area is 215 Å². The zero-order valence-electron chi connectivity index (χ0n) is 20.4. The number of hydrogen-bond acceptors (Lipinski definition) is 6. The number of nitrogens with zero attached hydrogens (tertiary/aromatic N) is 2. The van der Waals surface area contributed by atoms with Gasteiger partial charge in [-0.05, 0) is 68.1 Å². The van der Waals surface area contributed by atoms with Crippen molar-refractivity contribution in [3.8, 4) is 11.5 Å². The van der Waals surface area contributed by atoms with Crippen LogP contribution >= 0.6 is 11.3 Å². The predicted molar refractivity (Wildman–Crippen MR) is 145 cm³/mol. The van der Waals surface area contributed by atoms with Crippen molar-refractivity contribution in [2.75, 3.05) is 38.1 Å². The van der Waals surface area contributed by atoms with E-state index in [9.17, 15) is 4.39 Å². The lowest BCUT2D eigenvalue weighted by atomic mass is 9.97. The number of thiazole rings is 1. The molecule has 4 aromatic rings. The molecular weight excluding hydrogens is 473 g/mol. The van der Waals surface area contributed by atoms with Gasteiger partial charge >= 0.3 is 0 Å². The van der Waals surface area contributed by atoms with Crippen molar-refractivity contribution in [3.63, 3.8) is 0 Å². The number of likely N-dealkylation sites (tertiary alicyclic amines) is 1. The molecule has 1 saturated heterocycles. The maximum atomic E-state index is 13.8. The summed E-state index contributed by atoms with van der Waals surface area (Å²) in [6.45, 7) is 5.14. The summed E-state index contributed by atoms with van der Waals surface area (Å²) in [6.07, 6.45) is 3.30. The third-order valence-electron chi connectivity index (χ3n) is 6.56. The van der Waals surface area contributed by atoms with Crippen molar-refractivity contribution in [3.05, 3.63) is 84.2 Å². The van der Waals surface area contributed by atoms with Gasteiger partial charge in [-0.3, -0.25) is 0 Å². The molecule has 1 aromatic heterocycles. The number of aromatic nitrogens is 1. The van der Waals surface area contributed by atoms with E-state index in [1.165, 1.54) is 29.7 Å². The molecule has 1 N–H and O–H groups in total. The lowest BCUT2D eigenvalue weighted by Crippen LogP contribution is -2.36. The molecule has 0 aliphatic carbocycles. The highest BCUT2D eigenvalue weighted by Gasteiger charge is 2.19. The first-order valence-electron chi connectivity index (χ1n) is 12.6. The average Bonchev–Trinajstić information content (AvgIpc) is 3.34. The van der Waals surface area contributed by atoms with Gasteiger partial charge in [0.1, 0.15) is 12.4 Å². The summed E-state index contributed by atoms with van der Waals surface area (Å²) in [4.78, 5) is 7.19. The molecule has 0 spiro atoms. The molecule has 0 atom stereocenters. The standard InChI is InChI=1S/C29H32FN3O2S/c30-24-11-12-26(27(19-24)35-21-23-7-2-1-3-8-23)34-18-6-15-33-16-13-22(14-17-33)20-31-29-32-25-9-4-5-10-28(25)36-29/h1-5,7-12,19,22H,6,13-18,20-21H2,(H,31,32). The fourth-order valence-corrected chi connectivity index (χ4v) is 5.39. The van der Waals surface area contributed by atoms with Gasteiger partial charge in [-0.15, -0.1) is 0 Å². The molecule has 1 fully saturated rings. The van der Waals surface area contributed by atoms with Gasteiger partial charge in [0.05, 0.1) is 16.8 Å². The summed E-state index contributed by atoms with van der Waals surface area (Å²) < 4.78 is 26.8. The molecule has 0 radical (unpaired) electrons. The first kappa shape index (κ1) is 24.5. The van der Waals surface area contributed by atoms with Crippen molar-refractivity contribution in [2.24, 2.45) is 5.92 Å². The minimum absolute atomic E-state index is 0.328. The second-order valence-electron chi connectivity index (χ2n) is 9.22.